The molecule has 0 heterocycles. The summed E-state index contributed by atoms with van der Waals surface area (Å²) in [6, 6.07) is 18.7. The van der Waals surface area contributed by atoms with Gasteiger partial charge in [-0.25, -0.2) is 0 Å². The van der Waals surface area contributed by atoms with Crippen LogP contribution in [0.3, 0.4) is 0 Å². The zero-order valence-electron chi connectivity index (χ0n) is 11.0. The SMILES string of the molecule is O=C(C[C@@H](Cc1ccccc1)C(=O)S)c1ccccc1. The standard InChI is InChI=1S/C17H16O2S/c18-16(14-9-5-2-6-10-14)12-15(17(19)20)11-13-7-3-1-4-8-13/h1-10,15H,11-12H2,(H,19,20)/t15-/m1/s1. The summed E-state index contributed by atoms with van der Waals surface area (Å²) in [6.45, 7) is 0. The van der Waals surface area contributed by atoms with Crippen molar-refractivity contribution in [2.45, 2.75) is 12.8 Å². The molecule has 3 heteroatoms. The zero-order valence-corrected chi connectivity index (χ0v) is 11.9. The monoisotopic (exact) mass is 284 g/mol. The first-order valence-electron chi connectivity index (χ1n) is 6.52. The summed E-state index contributed by atoms with van der Waals surface area (Å²) in [4.78, 5) is 23.8. The van der Waals surface area contributed by atoms with Gasteiger partial charge in [-0.1, -0.05) is 60.7 Å². The Kier molecular flexibility index (Phi) is 5.13. The molecule has 0 spiro atoms. The van der Waals surface area contributed by atoms with Gasteiger partial charge in [0.25, 0.3) is 0 Å². The molecule has 0 saturated heterocycles. The van der Waals surface area contributed by atoms with E-state index < -0.39 is 0 Å². The molecule has 0 amide bonds. The van der Waals surface area contributed by atoms with E-state index in [9.17, 15) is 9.59 Å². The van der Waals surface area contributed by atoms with E-state index in [0.717, 1.165) is 5.56 Å². The van der Waals surface area contributed by atoms with Crippen molar-refractivity contribution in [2.75, 3.05) is 0 Å². The van der Waals surface area contributed by atoms with Crippen LogP contribution in [0.4, 0.5) is 0 Å². The molecule has 0 saturated carbocycles. The van der Waals surface area contributed by atoms with Crippen molar-refractivity contribution in [3.63, 3.8) is 0 Å². The highest BCUT2D eigenvalue weighted by Gasteiger charge is 2.20. The lowest BCUT2D eigenvalue weighted by Crippen LogP contribution is -2.17. The third-order valence-corrected chi connectivity index (χ3v) is 3.57. The first kappa shape index (κ1) is 14.5. The van der Waals surface area contributed by atoms with Gasteiger partial charge in [0.1, 0.15) is 0 Å². The van der Waals surface area contributed by atoms with Crippen LogP contribution in [-0.4, -0.2) is 10.9 Å². The first-order valence-corrected chi connectivity index (χ1v) is 6.96. The van der Waals surface area contributed by atoms with Gasteiger partial charge in [-0.05, 0) is 12.0 Å². The molecule has 0 fully saturated rings. The second-order valence-electron chi connectivity index (χ2n) is 4.72. The van der Waals surface area contributed by atoms with Gasteiger partial charge in [0.05, 0.1) is 0 Å². The van der Waals surface area contributed by atoms with Gasteiger partial charge >= 0.3 is 0 Å². The molecule has 2 aromatic carbocycles. The largest absolute Gasteiger partial charge is 0.294 e. The van der Waals surface area contributed by atoms with Crippen molar-refractivity contribution in [2.24, 2.45) is 5.92 Å². The van der Waals surface area contributed by atoms with Gasteiger partial charge in [0.2, 0.25) is 0 Å². The molecule has 2 nitrogen and oxygen atoms in total. The fourth-order valence-corrected chi connectivity index (χ4v) is 2.29. The van der Waals surface area contributed by atoms with Crippen molar-refractivity contribution < 1.29 is 9.59 Å². The van der Waals surface area contributed by atoms with E-state index in [1.54, 1.807) is 12.1 Å². The molecule has 0 N–H and O–H groups in total. The van der Waals surface area contributed by atoms with Gasteiger partial charge in [0.15, 0.2) is 10.9 Å². The molecule has 0 aliphatic rings. The molecule has 1 atom stereocenters. The van der Waals surface area contributed by atoms with E-state index in [4.69, 9.17) is 0 Å². The van der Waals surface area contributed by atoms with Crippen LogP contribution < -0.4 is 0 Å². The summed E-state index contributed by atoms with van der Waals surface area (Å²) < 4.78 is 0. The summed E-state index contributed by atoms with van der Waals surface area (Å²) in [6.07, 6.45) is 0.739. The molecule has 2 rings (SSSR count). The number of Topliss-reactive ketones (excluding diaryl/α,β-unsaturated/α-hetero) is 1. The van der Waals surface area contributed by atoms with E-state index >= 15 is 0 Å². The summed E-state index contributed by atoms with van der Waals surface area (Å²) in [5.41, 5.74) is 1.68. The number of ketones is 1. The highest BCUT2D eigenvalue weighted by molar-refractivity contribution is 7.96. The van der Waals surface area contributed by atoms with Crippen molar-refractivity contribution in [3.8, 4) is 0 Å². The van der Waals surface area contributed by atoms with E-state index in [1.165, 1.54) is 0 Å². The minimum Gasteiger partial charge on any atom is -0.294 e. The molecule has 0 bridgehead atoms. The average molecular weight is 284 g/mol. The smallest absolute Gasteiger partial charge is 0.189 e. The molecular weight excluding hydrogens is 268 g/mol. The van der Waals surface area contributed by atoms with E-state index in [2.05, 4.69) is 12.6 Å². The fourth-order valence-electron chi connectivity index (χ4n) is 2.11. The van der Waals surface area contributed by atoms with Crippen molar-refractivity contribution >= 4 is 23.5 Å². The first-order chi connectivity index (χ1) is 9.66. The number of hydrogen-bond donors (Lipinski definition) is 1. The maximum atomic E-state index is 12.2. The second-order valence-corrected chi connectivity index (χ2v) is 5.16. The lowest BCUT2D eigenvalue weighted by molar-refractivity contribution is -0.114. The normalized spacial score (nSPS) is 11.8. The summed E-state index contributed by atoms with van der Waals surface area (Å²) in [5, 5.41) is -0.238. The summed E-state index contributed by atoms with van der Waals surface area (Å²) in [5.74, 6) is -0.401. The van der Waals surface area contributed by atoms with Crippen molar-refractivity contribution in [1.82, 2.24) is 0 Å². The predicted molar refractivity (Wildman–Crippen MR) is 83.0 cm³/mol. The van der Waals surface area contributed by atoms with Crippen LogP contribution in [0.5, 0.6) is 0 Å². The molecule has 0 unspecified atom stereocenters. The molecule has 2 aromatic rings. The van der Waals surface area contributed by atoms with Crippen LogP contribution in [0.15, 0.2) is 60.7 Å². The number of thiol groups is 1. The lowest BCUT2D eigenvalue weighted by atomic mass is 9.93. The Morgan fingerprint density at radius 1 is 0.900 bits per heavy atom. The van der Waals surface area contributed by atoms with E-state index in [-0.39, 0.29) is 23.2 Å². The fraction of sp³-hybridized carbons (Fsp3) is 0.176. The van der Waals surface area contributed by atoms with Crippen LogP contribution in [-0.2, 0) is 11.2 Å². The summed E-state index contributed by atoms with van der Waals surface area (Å²) in [7, 11) is 0. The van der Waals surface area contributed by atoms with Crippen LogP contribution in [0.2, 0.25) is 0 Å². The van der Waals surface area contributed by atoms with Crippen LogP contribution in [0.25, 0.3) is 0 Å². The Balaban J connectivity index is 2.07. The molecule has 0 radical (unpaired) electrons. The Morgan fingerprint density at radius 2 is 1.45 bits per heavy atom. The van der Waals surface area contributed by atoms with Gasteiger partial charge in [-0.15, -0.1) is 12.6 Å². The Hall–Kier alpha value is -1.87. The third kappa shape index (κ3) is 4.07. The molecular formula is C17H16O2S. The van der Waals surface area contributed by atoms with Gasteiger partial charge in [-0.3, -0.25) is 9.59 Å². The van der Waals surface area contributed by atoms with Gasteiger partial charge in [-0.2, -0.15) is 0 Å². The summed E-state index contributed by atoms with van der Waals surface area (Å²) >= 11 is 3.92. The van der Waals surface area contributed by atoms with Gasteiger partial charge < -0.3 is 0 Å². The van der Waals surface area contributed by atoms with E-state index in [0.29, 0.717) is 12.0 Å². The number of rotatable bonds is 6. The van der Waals surface area contributed by atoms with Crippen molar-refractivity contribution in [1.29, 1.82) is 0 Å². The molecule has 0 aromatic heterocycles. The number of hydrogen-bond acceptors (Lipinski definition) is 2. The zero-order chi connectivity index (χ0) is 14.4. The molecule has 102 valence electrons. The topological polar surface area (TPSA) is 34.1 Å². The Morgan fingerprint density at radius 3 is 2.00 bits per heavy atom. The Labute approximate surface area is 124 Å². The molecule has 20 heavy (non-hydrogen) atoms. The van der Waals surface area contributed by atoms with Crippen LogP contribution in [0.1, 0.15) is 22.3 Å². The Bertz CT molecular complexity index is 578. The predicted octanol–water partition coefficient (Wildman–Crippen LogP) is 3.57. The number of carbonyl (C=O) groups is 2. The number of carbonyl (C=O) groups excluding carboxylic acids is 2. The van der Waals surface area contributed by atoms with Crippen molar-refractivity contribution in [3.05, 3.63) is 71.8 Å². The lowest BCUT2D eigenvalue weighted by Gasteiger charge is -2.12. The highest BCUT2D eigenvalue weighted by Crippen LogP contribution is 2.18. The van der Waals surface area contributed by atoms with Gasteiger partial charge in [0, 0.05) is 17.9 Å². The average Bonchev–Trinajstić information content (AvgIpc) is 2.48. The van der Waals surface area contributed by atoms with E-state index in [1.807, 2.05) is 48.5 Å². The van der Waals surface area contributed by atoms with Crippen LogP contribution in [0, 0.1) is 5.92 Å². The maximum absolute atomic E-state index is 12.2. The third-order valence-electron chi connectivity index (χ3n) is 3.20. The maximum Gasteiger partial charge on any atom is 0.189 e. The molecule has 0 aliphatic heterocycles. The second kappa shape index (κ2) is 7.06. The minimum atomic E-state index is -0.381. The quantitative estimate of drug-likeness (QED) is 0.650. The highest BCUT2D eigenvalue weighted by atomic mass is 32.1. The minimum absolute atomic E-state index is 0.0195. The van der Waals surface area contributed by atoms with Crippen LogP contribution >= 0.6 is 12.6 Å². The number of benzene rings is 2. The molecule has 0 aliphatic carbocycles.